The molecular formula is C11H20N4O3. The lowest BCUT2D eigenvalue weighted by molar-refractivity contribution is -0.142. The van der Waals surface area contributed by atoms with Gasteiger partial charge in [-0.2, -0.15) is 0 Å². The maximum atomic E-state index is 11.3. The van der Waals surface area contributed by atoms with Crippen molar-refractivity contribution in [3.8, 4) is 0 Å². The number of carbonyl (C=O) groups excluding carboxylic acids is 1. The Kier molecular flexibility index (Phi) is 8.21. The second kappa shape index (κ2) is 9.17. The number of aliphatic imine (C=N–C) groups is 1. The molecule has 0 aliphatic rings. The Labute approximate surface area is 106 Å². The topological polar surface area (TPSA) is 108 Å². The molecule has 0 aliphatic carbocycles. The summed E-state index contributed by atoms with van der Waals surface area (Å²) in [6.07, 6.45) is 3.32. The molecule has 1 amide bonds. The van der Waals surface area contributed by atoms with Crippen molar-refractivity contribution in [2.75, 3.05) is 20.1 Å². The van der Waals surface area contributed by atoms with Crippen molar-refractivity contribution in [1.82, 2.24) is 10.2 Å². The molecule has 7 heteroatoms. The quantitative estimate of drug-likeness (QED) is 0.377. The van der Waals surface area contributed by atoms with Gasteiger partial charge in [-0.25, -0.2) is 9.79 Å². The number of carboxylic acids is 1. The molecule has 0 heterocycles. The van der Waals surface area contributed by atoms with Crippen molar-refractivity contribution >= 4 is 18.2 Å². The van der Waals surface area contributed by atoms with Crippen LogP contribution in [-0.4, -0.2) is 54.4 Å². The molecule has 0 aromatic rings. The van der Waals surface area contributed by atoms with Gasteiger partial charge in [-0.1, -0.05) is 6.58 Å². The normalized spacial score (nSPS) is 12.1. The number of amides is 1. The summed E-state index contributed by atoms with van der Waals surface area (Å²) in [6.45, 7) is 4.08. The van der Waals surface area contributed by atoms with Crippen molar-refractivity contribution in [1.29, 1.82) is 0 Å². The van der Waals surface area contributed by atoms with E-state index in [1.54, 1.807) is 11.9 Å². The van der Waals surface area contributed by atoms with E-state index < -0.39 is 12.0 Å². The van der Waals surface area contributed by atoms with Crippen LogP contribution in [0.2, 0.25) is 0 Å². The molecule has 0 rings (SSSR count). The lowest BCUT2D eigenvalue weighted by Crippen LogP contribution is -2.43. The first-order chi connectivity index (χ1) is 8.51. The van der Waals surface area contributed by atoms with E-state index in [0.29, 0.717) is 6.54 Å². The zero-order valence-corrected chi connectivity index (χ0v) is 10.5. The van der Waals surface area contributed by atoms with Crippen molar-refractivity contribution in [2.24, 2.45) is 10.7 Å². The van der Waals surface area contributed by atoms with E-state index >= 15 is 0 Å². The number of rotatable bonds is 9. The van der Waals surface area contributed by atoms with Crippen molar-refractivity contribution in [2.45, 2.75) is 18.9 Å². The number of nitrogens with two attached hydrogens (primary N) is 1. The first-order valence-corrected chi connectivity index (χ1v) is 5.58. The zero-order chi connectivity index (χ0) is 14.0. The molecular weight excluding hydrogens is 236 g/mol. The molecule has 0 aromatic carbocycles. The third-order valence-corrected chi connectivity index (χ3v) is 2.14. The van der Waals surface area contributed by atoms with Crippen LogP contribution in [0.25, 0.3) is 0 Å². The SMILES string of the molecule is C=CN=CN(C)CC[C@H](NC(=O)CCN)C(=O)O. The van der Waals surface area contributed by atoms with Gasteiger partial charge in [0.1, 0.15) is 6.04 Å². The van der Waals surface area contributed by atoms with Gasteiger partial charge in [-0.15, -0.1) is 0 Å². The van der Waals surface area contributed by atoms with Gasteiger partial charge < -0.3 is 21.1 Å². The molecule has 1 atom stereocenters. The highest BCUT2D eigenvalue weighted by Crippen LogP contribution is 1.95. The highest BCUT2D eigenvalue weighted by atomic mass is 16.4. The molecule has 0 fully saturated rings. The largest absolute Gasteiger partial charge is 0.480 e. The van der Waals surface area contributed by atoms with Crippen LogP contribution in [0.4, 0.5) is 0 Å². The summed E-state index contributed by atoms with van der Waals surface area (Å²) in [5.74, 6) is -1.42. The standard InChI is InChI=1S/C11H20N4O3/c1-3-13-8-15(2)7-5-9(11(17)18)14-10(16)4-6-12/h3,8-9H,1,4-7,12H2,2H3,(H,14,16)(H,17,18)/t9-/m0/s1. The summed E-state index contributed by atoms with van der Waals surface area (Å²) in [5.41, 5.74) is 5.22. The molecule has 4 N–H and O–H groups in total. The average molecular weight is 256 g/mol. The highest BCUT2D eigenvalue weighted by Gasteiger charge is 2.19. The second-order valence-corrected chi connectivity index (χ2v) is 3.71. The second-order valence-electron chi connectivity index (χ2n) is 3.71. The fraction of sp³-hybridized carbons (Fsp3) is 0.545. The molecule has 102 valence electrons. The highest BCUT2D eigenvalue weighted by molar-refractivity contribution is 5.83. The zero-order valence-electron chi connectivity index (χ0n) is 10.5. The number of nitrogens with zero attached hydrogens (tertiary/aromatic N) is 2. The van der Waals surface area contributed by atoms with Gasteiger partial charge in [0.2, 0.25) is 5.91 Å². The number of carboxylic acid groups (broad SMARTS) is 1. The van der Waals surface area contributed by atoms with E-state index in [1.807, 2.05) is 0 Å². The molecule has 0 saturated carbocycles. The van der Waals surface area contributed by atoms with Crippen molar-refractivity contribution in [3.63, 3.8) is 0 Å². The van der Waals surface area contributed by atoms with Gasteiger partial charge in [0, 0.05) is 32.8 Å². The molecule has 0 aliphatic heterocycles. The van der Waals surface area contributed by atoms with Crippen LogP contribution < -0.4 is 11.1 Å². The molecule has 18 heavy (non-hydrogen) atoms. The van der Waals surface area contributed by atoms with Gasteiger partial charge in [0.05, 0.1) is 6.34 Å². The minimum atomic E-state index is -1.06. The Morgan fingerprint density at radius 3 is 2.78 bits per heavy atom. The molecule has 0 saturated heterocycles. The van der Waals surface area contributed by atoms with E-state index in [2.05, 4.69) is 16.9 Å². The molecule has 0 spiro atoms. The number of carbonyl (C=O) groups is 2. The molecule has 0 radical (unpaired) electrons. The van der Waals surface area contributed by atoms with Crippen LogP contribution in [0.3, 0.4) is 0 Å². The number of nitrogens with one attached hydrogen (secondary N) is 1. The minimum Gasteiger partial charge on any atom is -0.480 e. The molecule has 7 nitrogen and oxygen atoms in total. The fourth-order valence-electron chi connectivity index (χ4n) is 1.21. The number of aliphatic carboxylic acids is 1. The third kappa shape index (κ3) is 7.39. The minimum absolute atomic E-state index is 0.123. The molecule has 0 unspecified atom stereocenters. The van der Waals surface area contributed by atoms with Gasteiger partial charge in [-0.05, 0) is 6.42 Å². The summed E-state index contributed by atoms with van der Waals surface area (Å²) in [6, 6.07) is -0.913. The van der Waals surface area contributed by atoms with Gasteiger partial charge in [-0.3, -0.25) is 4.79 Å². The van der Waals surface area contributed by atoms with E-state index in [1.165, 1.54) is 12.5 Å². The summed E-state index contributed by atoms with van der Waals surface area (Å²) in [7, 11) is 1.76. The maximum absolute atomic E-state index is 11.3. The predicted octanol–water partition coefficient (Wildman–Crippen LogP) is -0.602. The van der Waals surface area contributed by atoms with Gasteiger partial charge in [0.25, 0.3) is 0 Å². The number of hydrogen-bond acceptors (Lipinski definition) is 4. The van der Waals surface area contributed by atoms with Crippen LogP contribution >= 0.6 is 0 Å². The fourth-order valence-corrected chi connectivity index (χ4v) is 1.21. The van der Waals surface area contributed by atoms with E-state index in [0.717, 1.165) is 0 Å². The Morgan fingerprint density at radius 1 is 1.61 bits per heavy atom. The molecule has 0 aromatic heterocycles. The van der Waals surface area contributed by atoms with Crippen LogP contribution in [0.5, 0.6) is 0 Å². The van der Waals surface area contributed by atoms with E-state index in [-0.39, 0.29) is 25.3 Å². The van der Waals surface area contributed by atoms with E-state index in [9.17, 15) is 9.59 Å². The van der Waals surface area contributed by atoms with Crippen molar-refractivity contribution < 1.29 is 14.7 Å². The van der Waals surface area contributed by atoms with Crippen LogP contribution in [0.15, 0.2) is 17.8 Å². The first-order valence-electron chi connectivity index (χ1n) is 5.58. The van der Waals surface area contributed by atoms with Gasteiger partial charge in [0.15, 0.2) is 0 Å². The predicted molar refractivity (Wildman–Crippen MR) is 69.2 cm³/mol. The van der Waals surface area contributed by atoms with Gasteiger partial charge >= 0.3 is 5.97 Å². The Morgan fingerprint density at radius 2 is 2.28 bits per heavy atom. The monoisotopic (exact) mass is 256 g/mol. The molecule has 0 bridgehead atoms. The Hall–Kier alpha value is -1.89. The summed E-state index contributed by atoms with van der Waals surface area (Å²) < 4.78 is 0. The maximum Gasteiger partial charge on any atom is 0.326 e. The summed E-state index contributed by atoms with van der Waals surface area (Å²) in [5, 5.41) is 11.4. The van der Waals surface area contributed by atoms with Crippen LogP contribution in [-0.2, 0) is 9.59 Å². The summed E-state index contributed by atoms with van der Waals surface area (Å²) in [4.78, 5) is 27.7. The Balaban J connectivity index is 4.20. The average Bonchev–Trinajstić information content (AvgIpc) is 2.31. The van der Waals surface area contributed by atoms with Crippen LogP contribution in [0.1, 0.15) is 12.8 Å². The lowest BCUT2D eigenvalue weighted by Gasteiger charge is -2.18. The summed E-state index contributed by atoms with van der Waals surface area (Å²) >= 11 is 0. The van der Waals surface area contributed by atoms with Crippen molar-refractivity contribution in [3.05, 3.63) is 12.8 Å². The number of hydrogen-bond donors (Lipinski definition) is 3. The Bertz CT molecular complexity index is 317. The lowest BCUT2D eigenvalue weighted by atomic mass is 10.2. The van der Waals surface area contributed by atoms with E-state index in [4.69, 9.17) is 10.8 Å². The first kappa shape index (κ1) is 16.1. The smallest absolute Gasteiger partial charge is 0.326 e. The third-order valence-electron chi connectivity index (χ3n) is 2.14. The van der Waals surface area contributed by atoms with Crippen LogP contribution in [0, 0.1) is 0 Å².